The van der Waals surface area contributed by atoms with Gasteiger partial charge in [-0.25, -0.2) is 0 Å². The van der Waals surface area contributed by atoms with E-state index in [1.54, 1.807) is 0 Å². The molecule has 2 saturated heterocycles. The van der Waals surface area contributed by atoms with E-state index in [1.165, 1.54) is 12.8 Å². The average Bonchev–Trinajstić information content (AvgIpc) is 2.40. The summed E-state index contributed by atoms with van der Waals surface area (Å²) in [5, 5.41) is 14.0. The molecule has 2 heterocycles. The predicted octanol–water partition coefficient (Wildman–Crippen LogP) is 1.54. The highest BCUT2D eigenvalue weighted by Crippen LogP contribution is 2.28. The van der Waals surface area contributed by atoms with Crippen LogP contribution in [0.2, 0.25) is 0 Å². The molecule has 128 valence electrons. The van der Waals surface area contributed by atoms with E-state index in [2.05, 4.69) is 10.2 Å². The lowest BCUT2D eigenvalue weighted by Crippen LogP contribution is -2.48. The Bertz CT molecular complexity index is 365. The van der Waals surface area contributed by atoms with Gasteiger partial charge in [0.1, 0.15) is 5.60 Å². The van der Waals surface area contributed by atoms with Crippen molar-refractivity contribution >= 4 is 5.97 Å². The molecular weight excluding hydrogens is 280 g/mol. The smallest absolute Gasteiger partial charge is 0.309 e. The molecule has 2 aliphatic rings. The number of esters is 1. The molecule has 2 aliphatic heterocycles. The van der Waals surface area contributed by atoms with Crippen LogP contribution in [-0.4, -0.2) is 59.9 Å². The zero-order chi connectivity index (χ0) is 16.2. The Morgan fingerprint density at radius 3 is 2.41 bits per heavy atom. The lowest BCUT2D eigenvalue weighted by Gasteiger charge is -2.39. The van der Waals surface area contributed by atoms with Gasteiger partial charge in [-0.3, -0.25) is 4.79 Å². The average molecular weight is 312 g/mol. The number of hydrogen-bond donors (Lipinski definition) is 2. The van der Waals surface area contributed by atoms with Gasteiger partial charge in [0.15, 0.2) is 0 Å². The fourth-order valence-corrected chi connectivity index (χ4v) is 3.40. The summed E-state index contributed by atoms with van der Waals surface area (Å²) in [4.78, 5) is 14.4. The first kappa shape index (κ1) is 17.7. The van der Waals surface area contributed by atoms with Crippen LogP contribution in [0.1, 0.15) is 52.9 Å². The van der Waals surface area contributed by atoms with Crippen LogP contribution >= 0.6 is 0 Å². The van der Waals surface area contributed by atoms with Crippen molar-refractivity contribution < 1.29 is 14.6 Å². The highest BCUT2D eigenvalue weighted by atomic mass is 16.6. The first-order chi connectivity index (χ1) is 10.3. The molecule has 0 aliphatic carbocycles. The largest absolute Gasteiger partial charge is 0.460 e. The van der Waals surface area contributed by atoms with Gasteiger partial charge in [0.2, 0.25) is 0 Å². The zero-order valence-corrected chi connectivity index (χ0v) is 14.4. The van der Waals surface area contributed by atoms with E-state index in [-0.39, 0.29) is 12.4 Å². The molecule has 0 atom stereocenters. The predicted molar refractivity (Wildman–Crippen MR) is 86.7 cm³/mol. The molecule has 0 amide bonds. The fourth-order valence-electron chi connectivity index (χ4n) is 3.40. The standard InChI is InChI=1S/C17H32N2O3/c1-16(2,3)22-15(20)12-17(21)6-10-19(11-7-17)13-14-4-8-18-9-5-14/h14,18,21H,4-13H2,1-3H3. The molecule has 0 aromatic heterocycles. The Hall–Kier alpha value is -0.650. The SMILES string of the molecule is CC(C)(C)OC(=O)CC1(O)CCN(CC2CCNCC2)CC1. The molecule has 0 aromatic carbocycles. The number of hydrogen-bond acceptors (Lipinski definition) is 5. The van der Waals surface area contributed by atoms with Crippen LogP contribution < -0.4 is 5.32 Å². The van der Waals surface area contributed by atoms with E-state index in [4.69, 9.17) is 4.74 Å². The van der Waals surface area contributed by atoms with E-state index in [9.17, 15) is 9.90 Å². The number of carbonyl (C=O) groups excluding carboxylic acids is 1. The Kier molecular flexibility index (Phi) is 5.86. The van der Waals surface area contributed by atoms with E-state index in [1.807, 2.05) is 20.8 Å². The second-order valence-corrected chi connectivity index (χ2v) is 7.98. The lowest BCUT2D eigenvalue weighted by molar-refractivity contribution is -0.162. The number of carbonyl (C=O) groups is 1. The first-order valence-corrected chi connectivity index (χ1v) is 8.63. The van der Waals surface area contributed by atoms with Crippen LogP contribution in [0.15, 0.2) is 0 Å². The van der Waals surface area contributed by atoms with Crippen LogP contribution in [0.3, 0.4) is 0 Å². The summed E-state index contributed by atoms with van der Waals surface area (Å²) in [5.41, 5.74) is -1.36. The minimum Gasteiger partial charge on any atom is -0.460 e. The molecular formula is C17H32N2O3. The first-order valence-electron chi connectivity index (χ1n) is 8.63. The summed E-state index contributed by atoms with van der Waals surface area (Å²) in [6, 6.07) is 0. The minimum atomic E-state index is -0.882. The molecule has 5 heteroatoms. The van der Waals surface area contributed by atoms with Crippen LogP contribution in [-0.2, 0) is 9.53 Å². The second-order valence-electron chi connectivity index (χ2n) is 7.98. The Labute approximate surface area is 134 Å². The molecule has 2 fully saturated rings. The van der Waals surface area contributed by atoms with E-state index < -0.39 is 11.2 Å². The van der Waals surface area contributed by atoms with Crippen molar-refractivity contribution in [2.45, 2.75) is 64.1 Å². The number of nitrogens with one attached hydrogen (secondary N) is 1. The Morgan fingerprint density at radius 1 is 1.27 bits per heavy atom. The van der Waals surface area contributed by atoms with E-state index in [0.717, 1.165) is 38.6 Å². The highest BCUT2D eigenvalue weighted by Gasteiger charge is 2.36. The van der Waals surface area contributed by atoms with Gasteiger partial charge in [0, 0.05) is 19.6 Å². The molecule has 0 aromatic rings. The van der Waals surface area contributed by atoms with Crippen molar-refractivity contribution in [1.29, 1.82) is 0 Å². The third-order valence-corrected chi connectivity index (χ3v) is 4.66. The molecule has 0 spiro atoms. The number of ether oxygens (including phenoxy) is 1. The summed E-state index contributed by atoms with van der Waals surface area (Å²) < 4.78 is 5.33. The van der Waals surface area contributed by atoms with Crippen molar-refractivity contribution in [2.75, 3.05) is 32.7 Å². The molecule has 0 bridgehead atoms. The number of rotatable bonds is 4. The van der Waals surface area contributed by atoms with Gasteiger partial charge in [0.25, 0.3) is 0 Å². The van der Waals surface area contributed by atoms with Gasteiger partial charge in [-0.2, -0.15) is 0 Å². The normalized spacial score (nSPS) is 24.2. The van der Waals surface area contributed by atoms with E-state index >= 15 is 0 Å². The minimum absolute atomic E-state index is 0.117. The van der Waals surface area contributed by atoms with Gasteiger partial charge in [-0.15, -0.1) is 0 Å². The number of aliphatic hydroxyl groups is 1. The highest BCUT2D eigenvalue weighted by molar-refractivity contribution is 5.71. The Balaban J connectivity index is 1.74. The summed E-state index contributed by atoms with van der Waals surface area (Å²) in [5.74, 6) is 0.486. The number of likely N-dealkylation sites (tertiary alicyclic amines) is 1. The molecule has 5 nitrogen and oxygen atoms in total. The molecule has 0 unspecified atom stereocenters. The fraction of sp³-hybridized carbons (Fsp3) is 0.941. The maximum atomic E-state index is 11.9. The second kappa shape index (κ2) is 7.28. The molecule has 2 N–H and O–H groups in total. The van der Waals surface area contributed by atoms with Crippen LogP contribution in [0.5, 0.6) is 0 Å². The van der Waals surface area contributed by atoms with Gasteiger partial charge in [-0.1, -0.05) is 0 Å². The van der Waals surface area contributed by atoms with Crippen LogP contribution in [0.25, 0.3) is 0 Å². The van der Waals surface area contributed by atoms with Crippen molar-refractivity contribution in [1.82, 2.24) is 10.2 Å². The Morgan fingerprint density at radius 2 is 1.86 bits per heavy atom. The van der Waals surface area contributed by atoms with Gasteiger partial charge < -0.3 is 20.1 Å². The summed E-state index contributed by atoms with van der Waals surface area (Å²) >= 11 is 0. The number of nitrogens with zero attached hydrogens (tertiary/aromatic N) is 1. The molecule has 2 rings (SSSR count). The van der Waals surface area contributed by atoms with Crippen molar-refractivity contribution in [2.24, 2.45) is 5.92 Å². The van der Waals surface area contributed by atoms with Crippen molar-refractivity contribution in [3.8, 4) is 0 Å². The summed E-state index contributed by atoms with van der Waals surface area (Å²) in [7, 11) is 0. The maximum absolute atomic E-state index is 11.9. The van der Waals surface area contributed by atoms with Crippen LogP contribution in [0, 0.1) is 5.92 Å². The molecule has 0 saturated carbocycles. The van der Waals surface area contributed by atoms with Crippen molar-refractivity contribution in [3.05, 3.63) is 0 Å². The zero-order valence-electron chi connectivity index (χ0n) is 14.4. The third kappa shape index (κ3) is 5.86. The maximum Gasteiger partial charge on any atom is 0.309 e. The lowest BCUT2D eigenvalue weighted by atomic mass is 9.87. The third-order valence-electron chi connectivity index (χ3n) is 4.66. The summed E-state index contributed by atoms with van der Waals surface area (Å²) in [6.45, 7) is 10.7. The quantitative estimate of drug-likeness (QED) is 0.771. The number of piperidine rings is 2. The monoisotopic (exact) mass is 312 g/mol. The van der Waals surface area contributed by atoms with Gasteiger partial charge >= 0.3 is 5.97 Å². The van der Waals surface area contributed by atoms with Gasteiger partial charge in [-0.05, 0) is 65.5 Å². The molecule has 22 heavy (non-hydrogen) atoms. The van der Waals surface area contributed by atoms with Crippen molar-refractivity contribution in [3.63, 3.8) is 0 Å². The molecule has 0 radical (unpaired) electrons. The van der Waals surface area contributed by atoms with E-state index in [0.29, 0.717) is 12.8 Å². The van der Waals surface area contributed by atoms with Crippen LogP contribution in [0.4, 0.5) is 0 Å². The topological polar surface area (TPSA) is 61.8 Å². The summed E-state index contributed by atoms with van der Waals surface area (Å²) in [6.07, 6.45) is 3.94. The van der Waals surface area contributed by atoms with Gasteiger partial charge in [0.05, 0.1) is 12.0 Å².